The molecule has 11 nitrogen and oxygen atoms in total. The summed E-state index contributed by atoms with van der Waals surface area (Å²) in [6.07, 6.45) is 1.77. The summed E-state index contributed by atoms with van der Waals surface area (Å²) >= 11 is 4.19. The molecule has 0 spiro atoms. The van der Waals surface area contributed by atoms with E-state index >= 15 is 0 Å². The molecule has 12 heteroatoms. The summed E-state index contributed by atoms with van der Waals surface area (Å²) < 4.78 is 0. The molecule has 4 atom stereocenters. The molecular formula is C24H36N6O5S. The summed E-state index contributed by atoms with van der Waals surface area (Å²) in [6, 6.07) is 6.19. The number of carboxylic acid groups (broad SMARTS) is 1. The number of thiol groups is 1. The van der Waals surface area contributed by atoms with Crippen LogP contribution in [0.15, 0.2) is 35.3 Å². The maximum Gasteiger partial charge on any atom is 0.326 e. The van der Waals surface area contributed by atoms with Crippen LogP contribution in [0.1, 0.15) is 38.2 Å². The van der Waals surface area contributed by atoms with E-state index in [1.165, 1.54) is 4.90 Å². The van der Waals surface area contributed by atoms with Crippen LogP contribution in [0.3, 0.4) is 0 Å². The Kier molecular flexibility index (Phi) is 11.5. The fraction of sp³-hybridized carbons (Fsp3) is 0.542. The number of hydrogen-bond donors (Lipinski definition) is 6. The highest BCUT2D eigenvalue weighted by atomic mass is 32.1. The Hall–Kier alpha value is -3.28. The minimum atomic E-state index is -1.20. The van der Waals surface area contributed by atoms with Crippen LogP contribution in [0, 0.1) is 5.92 Å². The van der Waals surface area contributed by atoms with E-state index in [-0.39, 0.29) is 37.2 Å². The second-order valence-electron chi connectivity index (χ2n) is 8.87. The molecule has 1 fully saturated rings. The first-order valence-electron chi connectivity index (χ1n) is 12.0. The van der Waals surface area contributed by atoms with Crippen LogP contribution >= 0.6 is 12.6 Å². The molecule has 7 N–H and O–H groups in total. The first kappa shape index (κ1) is 29.0. The zero-order valence-electron chi connectivity index (χ0n) is 20.4. The van der Waals surface area contributed by atoms with Crippen molar-refractivity contribution in [3.05, 3.63) is 35.9 Å². The zero-order valence-corrected chi connectivity index (χ0v) is 21.3. The Morgan fingerprint density at radius 2 is 1.86 bits per heavy atom. The lowest BCUT2D eigenvalue weighted by molar-refractivity contribution is -0.143. The summed E-state index contributed by atoms with van der Waals surface area (Å²) in [6.45, 7) is 2.44. The molecule has 1 aliphatic heterocycles. The number of nitrogens with one attached hydrogen (secondary N) is 2. The van der Waals surface area contributed by atoms with Crippen molar-refractivity contribution in [3.8, 4) is 0 Å². The Morgan fingerprint density at radius 1 is 1.17 bits per heavy atom. The molecule has 1 aliphatic rings. The van der Waals surface area contributed by atoms with E-state index in [2.05, 4.69) is 28.3 Å². The monoisotopic (exact) mass is 520 g/mol. The van der Waals surface area contributed by atoms with Crippen LogP contribution in [-0.4, -0.2) is 76.6 Å². The number of nitrogens with two attached hydrogens (primary N) is 2. The summed E-state index contributed by atoms with van der Waals surface area (Å²) in [5.41, 5.74) is 11.4. The molecule has 1 aromatic carbocycles. The standard InChI is InChI=1S/C24H36N6O5S/c1-15(14-36)22(33)30-12-6-10-19(30)21(32)29-18(13-16-7-3-2-4-8-16)20(31)28-17(23(34)35)9-5-11-27-24(25)26/h2-4,7-8,15,17-19,36H,5-6,9-14H2,1H3,(H,28,31)(H,29,32)(H,34,35)(H4,25,26,27)/t15?,17-,18-,19+/m0/s1. The predicted octanol–water partition coefficient (Wildman–Crippen LogP) is -0.106. The number of guanidine groups is 1. The average molecular weight is 521 g/mol. The molecule has 0 bridgehead atoms. The lowest BCUT2D eigenvalue weighted by atomic mass is 10.0. The van der Waals surface area contributed by atoms with E-state index in [4.69, 9.17) is 11.5 Å². The predicted molar refractivity (Wildman–Crippen MR) is 139 cm³/mol. The van der Waals surface area contributed by atoms with Crippen LogP contribution in [0.4, 0.5) is 0 Å². The minimum absolute atomic E-state index is 0.0975. The van der Waals surface area contributed by atoms with Crippen molar-refractivity contribution in [2.45, 2.75) is 57.2 Å². The summed E-state index contributed by atoms with van der Waals surface area (Å²) in [5, 5.41) is 14.9. The van der Waals surface area contributed by atoms with Crippen molar-refractivity contribution >= 4 is 42.3 Å². The molecule has 1 saturated heterocycles. The largest absolute Gasteiger partial charge is 0.480 e. The van der Waals surface area contributed by atoms with Gasteiger partial charge in [0.05, 0.1) is 0 Å². The topological polar surface area (TPSA) is 180 Å². The van der Waals surface area contributed by atoms with E-state index in [1.807, 2.05) is 30.3 Å². The van der Waals surface area contributed by atoms with Crippen LogP contribution in [-0.2, 0) is 25.6 Å². The van der Waals surface area contributed by atoms with Gasteiger partial charge in [-0.2, -0.15) is 12.6 Å². The van der Waals surface area contributed by atoms with E-state index in [0.717, 1.165) is 5.56 Å². The first-order valence-corrected chi connectivity index (χ1v) is 12.6. The van der Waals surface area contributed by atoms with Gasteiger partial charge in [0.1, 0.15) is 18.1 Å². The zero-order chi connectivity index (χ0) is 26.7. The molecule has 1 aromatic rings. The van der Waals surface area contributed by atoms with Gasteiger partial charge < -0.3 is 32.1 Å². The van der Waals surface area contributed by atoms with Gasteiger partial charge in [-0.15, -0.1) is 0 Å². The maximum atomic E-state index is 13.2. The molecule has 0 saturated carbocycles. The van der Waals surface area contributed by atoms with Crippen molar-refractivity contribution in [3.63, 3.8) is 0 Å². The third-order valence-corrected chi connectivity index (χ3v) is 6.56. The van der Waals surface area contributed by atoms with E-state index < -0.39 is 35.9 Å². The number of aliphatic imine (C=N–C) groups is 1. The number of rotatable bonds is 13. The van der Waals surface area contributed by atoms with E-state index in [1.54, 1.807) is 6.92 Å². The molecule has 1 unspecified atom stereocenters. The van der Waals surface area contributed by atoms with Crippen LogP contribution in [0.5, 0.6) is 0 Å². The van der Waals surface area contributed by atoms with E-state index in [9.17, 15) is 24.3 Å². The second-order valence-corrected chi connectivity index (χ2v) is 9.24. The smallest absolute Gasteiger partial charge is 0.326 e. The summed E-state index contributed by atoms with van der Waals surface area (Å²) in [7, 11) is 0. The second kappa shape index (κ2) is 14.3. The number of carbonyl (C=O) groups is 4. The molecule has 0 radical (unpaired) electrons. The van der Waals surface area contributed by atoms with Crippen molar-refractivity contribution in [2.75, 3.05) is 18.8 Å². The number of carboxylic acids is 1. The van der Waals surface area contributed by atoms with Gasteiger partial charge in [-0.1, -0.05) is 37.3 Å². The number of hydrogen-bond acceptors (Lipinski definition) is 6. The number of nitrogens with zero attached hydrogens (tertiary/aromatic N) is 2. The van der Waals surface area contributed by atoms with Crippen LogP contribution < -0.4 is 22.1 Å². The van der Waals surface area contributed by atoms with Gasteiger partial charge in [0, 0.05) is 31.2 Å². The normalized spacial score (nSPS) is 17.5. The fourth-order valence-corrected chi connectivity index (χ4v) is 4.18. The van der Waals surface area contributed by atoms with Crippen LogP contribution in [0.25, 0.3) is 0 Å². The fourth-order valence-electron chi connectivity index (χ4n) is 4.02. The Morgan fingerprint density at radius 3 is 2.47 bits per heavy atom. The highest BCUT2D eigenvalue weighted by Crippen LogP contribution is 2.21. The minimum Gasteiger partial charge on any atom is -0.480 e. The molecule has 2 rings (SSSR count). The first-order chi connectivity index (χ1) is 17.1. The maximum absolute atomic E-state index is 13.2. The third-order valence-electron chi connectivity index (χ3n) is 6.01. The van der Waals surface area contributed by atoms with Gasteiger partial charge in [0.2, 0.25) is 17.7 Å². The lowest BCUT2D eigenvalue weighted by Crippen LogP contribution is -2.56. The van der Waals surface area contributed by atoms with Crippen molar-refractivity contribution in [2.24, 2.45) is 22.4 Å². The number of aliphatic carboxylic acids is 1. The SMILES string of the molecule is CC(CS)C(=O)N1CCC[C@@H]1C(=O)N[C@@H](Cc1ccccc1)C(=O)N[C@@H](CCCN=C(N)N)C(=O)O. The Bertz CT molecular complexity index is 940. The highest BCUT2D eigenvalue weighted by molar-refractivity contribution is 7.80. The van der Waals surface area contributed by atoms with E-state index in [0.29, 0.717) is 31.6 Å². The summed E-state index contributed by atoms with van der Waals surface area (Å²) in [4.78, 5) is 56.2. The lowest BCUT2D eigenvalue weighted by Gasteiger charge is -2.28. The quantitative estimate of drug-likeness (QED) is 0.0908. The Labute approximate surface area is 216 Å². The molecule has 1 heterocycles. The van der Waals surface area contributed by atoms with Crippen molar-refractivity contribution in [1.29, 1.82) is 0 Å². The van der Waals surface area contributed by atoms with Crippen molar-refractivity contribution in [1.82, 2.24) is 15.5 Å². The Balaban J connectivity index is 2.15. The van der Waals surface area contributed by atoms with Gasteiger partial charge in [-0.05, 0) is 31.2 Å². The highest BCUT2D eigenvalue weighted by Gasteiger charge is 2.37. The molecule has 198 valence electrons. The molecule has 3 amide bonds. The number of likely N-dealkylation sites (tertiary alicyclic amines) is 1. The van der Waals surface area contributed by atoms with Crippen molar-refractivity contribution < 1.29 is 24.3 Å². The molecular weight excluding hydrogens is 484 g/mol. The average Bonchev–Trinajstić information content (AvgIpc) is 3.34. The van der Waals surface area contributed by atoms with Gasteiger partial charge in [-0.25, -0.2) is 4.79 Å². The summed E-state index contributed by atoms with van der Waals surface area (Å²) in [5.74, 6) is -2.49. The number of amides is 3. The third kappa shape index (κ3) is 8.74. The number of carbonyl (C=O) groups excluding carboxylic acids is 3. The molecule has 0 aliphatic carbocycles. The molecule has 0 aromatic heterocycles. The van der Waals surface area contributed by atoms with Gasteiger partial charge in [0.25, 0.3) is 0 Å². The van der Waals surface area contributed by atoms with Crippen LogP contribution in [0.2, 0.25) is 0 Å². The number of benzene rings is 1. The van der Waals surface area contributed by atoms with Gasteiger partial charge in [-0.3, -0.25) is 19.4 Å². The molecule has 36 heavy (non-hydrogen) atoms. The van der Waals surface area contributed by atoms with Gasteiger partial charge in [0.15, 0.2) is 5.96 Å². The van der Waals surface area contributed by atoms with Gasteiger partial charge >= 0.3 is 5.97 Å².